The molecule has 2 aromatic heterocycles. The molecule has 0 radical (unpaired) electrons. The minimum atomic E-state index is 0.202. The molecule has 0 aromatic carbocycles. The molecule has 0 spiro atoms. The van der Waals surface area contributed by atoms with Gasteiger partial charge in [-0.05, 0) is 55.3 Å². The Morgan fingerprint density at radius 1 is 1.18 bits per heavy atom. The molecule has 2 aromatic rings. The minimum Gasteiger partial charge on any atom is -0.466 e. The highest BCUT2D eigenvalue weighted by atomic mass is 79.9. The van der Waals surface area contributed by atoms with Gasteiger partial charge in [0.15, 0.2) is 0 Å². The molecule has 0 fully saturated rings. The van der Waals surface area contributed by atoms with Gasteiger partial charge >= 0.3 is 0 Å². The number of hydrogen-bond acceptors (Lipinski definition) is 2. The van der Waals surface area contributed by atoms with Crippen LogP contribution in [0.25, 0.3) is 0 Å². The molecule has 1 atom stereocenters. The van der Waals surface area contributed by atoms with Crippen LogP contribution in [-0.2, 0) is 0 Å². The second-order valence-corrected chi connectivity index (χ2v) is 7.24. The number of hydrogen-bond donors (Lipinski definition) is 0. The van der Waals surface area contributed by atoms with Gasteiger partial charge < -0.3 is 4.42 Å². The monoisotopic (exact) mass is 376 g/mol. The zero-order chi connectivity index (χ0) is 12.7. The molecular weight excluding hydrogens is 364 g/mol. The Morgan fingerprint density at radius 3 is 2.24 bits per heavy atom. The zero-order valence-corrected chi connectivity index (χ0v) is 14.2. The van der Waals surface area contributed by atoms with E-state index in [-0.39, 0.29) is 4.83 Å². The lowest BCUT2D eigenvalue weighted by molar-refractivity contribution is 0.500. The van der Waals surface area contributed by atoms with Gasteiger partial charge in [0.25, 0.3) is 0 Å². The highest BCUT2D eigenvalue weighted by molar-refractivity contribution is 9.11. The van der Waals surface area contributed by atoms with Gasteiger partial charge in [0, 0.05) is 19.8 Å². The summed E-state index contributed by atoms with van der Waals surface area (Å²) in [7, 11) is 0. The first-order valence-electron chi connectivity index (χ1n) is 5.38. The van der Waals surface area contributed by atoms with E-state index in [1.165, 1.54) is 25.4 Å². The molecule has 0 saturated carbocycles. The quantitative estimate of drug-likeness (QED) is 0.600. The molecule has 92 valence electrons. The fraction of sp³-hybridized carbons (Fsp3) is 0.385. The van der Waals surface area contributed by atoms with Crippen LogP contribution >= 0.6 is 43.2 Å². The van der Waals surface area contributed by atoms with Crippen LogP contribution in [0.2, 0.25) is 0 Å². The van der Waals surface area contributed by atoms with E-state index in [9.17, 15) is 0 Å². The minimum absolute atomic E-state index is 0.202. The lowest BCUT2D eigenvalue weighted by Gasteiger charge is -2.09. The van der Waals surface area contributed by atoms with Crippen molar-refractivity contribution in [3.8, 4) is 0 Å². The number of thiophene rings is 1. The van der Waals surface area contributed by atoms with E-state index in [4.69, 9.17) is 4.42 Å². The van der Waals surface area contributed by atoms with Crippen molar-refractivity contribution in [1.29, 1.82) is 0 Å². The van der Waals surface area contributed by atoms with Gasteiger partial charge in [-0.2, -0.15) is 0 Å². The van der Waals surface area contributed by atoms with Crippen LogP contribution in [0, 0.1) is 27.7 Å². The van der Waals surface area contributed by atoms with Crippen LogP contribution in [0.4, 0.5) is 0 Å². The first-order chi connectivity index (χ1) is 7.91. The molecule has 0 N–H and O–H groups in total. The number of rotatable bonds is 2. The summed E-state index contributed by atoms with van der Waals surface area (Å²) in [4.78, 5) is 2.81. The summed E-state index contributed by atoms with van der Waals surface area (Å²) in [6.07, 6.45) is 0. The Kier molecular flexibility index (Phi) is 3.86. The molecule has 2 rings (SSSR count). The molecule has 0 amide bonds. The number of aryl methyl sites for hydroxylation is 3. The van der Waals surface area contributed by atoms with E-state index >= 15 is 0 Å². The van der Waals surface area contributed by atoms with Crippen LogP contribution in [0.3, 0.4) is 0 Å². The van der Waals surface area contributed by atoms with E-state index in [0.717, 1.165) is 11.5 Å². The maximum atomic E-state index is 5.69. The second kappa shape index (κ2) is 4.90. The maximum Gasteiger partial charge on any atom is 0.106 e. The number of halogens is 2. The van der Waals surface area contributed by atoms with Gasteiger partial charge in [0.05, 0.1) is 4.83 Å². The maximum absolute atomic E-state index is 5.69. The average Bonchev–Trinajstić information content (AvgIpc) is 2.68. The summed E-state index contributed by atoms with van der Waals surface area (Å²) in [6.45, 7) is 8.28. The van der Waals surface area contributed by atoms with E-state index in [1.54, 1.807) is 0 Å². The van der Waals surface area contributed by atoms with Gasteiger partial charge in [0.1, 0.15) is 11.5 Å². The van der Waals surface area contributed by atoms with Gasteiger partial charge in [-0.25, -0.2) is 0 Å². The summed E-state index contributed by atoms with van der Waals surface area (Å²) in [6, 6.07) is 2.16. The second-order valence-electron chi connectivity index (χ2n) is 4.18. The normalized spacial score (nSPS) is 13.1. The summed E-state index contributed by atoms with van der Waals surface area (Å²) >= 11 is 9.22. The molecule has 0 aliphatic rings. The van der Waals surface area contributed by atoms with Crippen LogP contribution in [0.5, 0.6) is 0 Å². The molecule has 0 bridgehead atoms. The lowest BCUT2D eigenvalue weighted by Crippen LogP contribution is -1.93. The number of alkyl halides is 1. The van der Waals surface area contributed by atoms with E-state index in [2.05, 4.69) is 51.8 Å². The molecule has 0 aliphatic carbocycles. The number of furan rings is 1. The third kappa shape index (κ3) is 2.40. The molecule has 1 unspecified atom stereocenters. The molecule has 17 heavy (non-hydrogen) atoms. The fourth-order valence-corrected chi connectivity index (χ4v) is 5.36. The van der Waals surface area contributed by atoms with Crippen molar-refractivity contribution >= 4 is 43.2 Å². The Balaban J connectivity index is 2.50. The van der Waals surface area contributed by atoms with Crippen molar-refractivity contribution in [2.24, 2.45) is 0 Å². The molecule has 2 heterocycles. The molecule has 4 heteroatoms. The predicted molar refractivity (Wildman–Crippen MR) is 80.4 cm³/mol. The van der Waals surface area contributed by atoms with Gasteiger partial charge in [-0.15, -0.1) is 11.3 Å². The average molecular weight is 378 g/mol. The highest BCUT2D eigenvalue weighted by Crippen LogP contribution is 2.43. The van der Waals surface area contributed by atoms with E-state index < -0.39 is 0 Å². The van der Waals surface area contributed by atoms with Crippen molar-refractivity contribution < 1.29 is 4.42 Å². The van der Waals surface area contributed by atoms with Gasteiger partial charge in [0.2, 0.25) is 0 Å². The topological polar surface area (TPSA) is 13.1 Å². The predicted octanol–water partition coefficient (Wildman–Crippen LogP) is 5.82. The lowest BCUT2D eigenvalue weighted by atomic mass is 10.1. The van der Waals surface area contributed by atoms with Crippen LogP contribution < -0.4 is 0 Å². The standard InChI is InChI=1S/C13H14Br2OS/c1-6-5-10(14)13(17-6)12(15)11-7(2)8(3)16-9(11)4/h5,12H,1-4H3. The molecule has 0 saturated heterocycles. The molecule has 0 aliphatic heterocycles. The summed E-state index contributed by atoms with van der Waals surface area (Å²) < 4.78 is 6.86. The van der Waals surface area contributed by atoms with Crippen molar-refractivity contribution in [3.63, 3.8) is 0 Å². The van der Waals surface area contributed by atoms with Crippen molar-refractivity contribution in [2.45, 2.75) is 32.5 Å². The van der Waals surface area contributed by atoms with Crippen LogP contribution in [-0.4, -0.2) is 0 Å². The van der Waals surface area contributed by atoms with Crippen molar-refractivity contribution in [3.05, 3.63) is 42.9 Å². The first kappa shape index (κ1) is 13.4. The Labute approximate surface area is 122 Å². The third-order valence-corrected chi connectivity index (χ3v) is 6.19. The summed E-state index contributed by atoms with van der Waals surface area (Å²) in [5.74, 6) is 2.01. The SMILES string of the molecule is Cc1cc(Br)c(C(Br)c2c(C)oc(C)c2C)s1. The van der Waals surface area contributed by atoms with E-state index in [0.29, 0.717) is 0 Å². The highest BCUT2D eigenvalue weighted by Gasteiger charge is 2.23. The summed E-state index contributed by atoms with van der Waals surface area (Å²) in [5, 5.41) is 0. The van der Waals surface area contributed by atoms with Crippen molar-refractivity contribution in [2.75, 3.05) is 0 Å². The van der Waals surface area contributed by atoms with Crippen LogP contribution in [0.1, 0.15) is 37.2 Å². The Hall–Kier alpha value is -0.0600. The fourth-order valence-electron chi connectivity index (χ4n) is 1.99. The van der Waals surface area contributed by atoms with Crippen LogP contribution in [0.15, 0.2) is 15.0 Å². The Bertz CT molecular complexity index is 554. The largest absolute Gasteiger partial charge is 0.466 e. The summed E-state index contributed by atoms with van der Waals surface area (Å²) in [5.41, 5.74) is 2.49. The molecular formula is C13H14Br2OS. The zero-order valence-electron chi connectivity index (χ0n) is 10.2. The first-order valence-corrected chi connectivity index (χ1v) is 7.90. The van der Waals surface area contributed by atoms with Gasteiger partial charge in [-0.1, -0.05) is 15.9 Å². The third-order valence-electron chi connectivity index (χ3n) is 2.94. The Morgan fingerprint density at radius 2 is 1.82 bits per heavy atom. The van der Waals surface area contributed by atoms with Crippen molar-refractivity contribution in [1.82, 2.24) is 0 Å². The molecule has 1 nitrogen and oxygen atoms in total. The van der Waals surface area contributed by atoms with E-state index in [1.807, 2.05) is 25.2 Å². The smallest absolute Gasteiger partial charge is 0.106 e. The van der Waals surface area contributed by atoms with Gasteiger partial charge in [-0.3, -0.25) is 0 Å².